The van der Waals surface area contributed by atoms with Crippen LogP contribution in [0.2, 0.25) is 0 Å². The molecule has 10 heteroatoms. The van der Waals surface area contributed by atoms with Gasteiger partial charge in [-0.2, -0.15) is 0 Å². The first kappa shape index (κ1) is 31.9. The van der Waals surface area contributed by atoms with E-state index < -0.39 is 5.67 Å². The number of amidine groups is 1. The van der Waals surface area contributed by atoms with Gasteiger partial charge >= 0.3 is 0 Å². The van der Waals surface area contributed by atoms with Gasteiger partial charge in [-0.1, -0.05) is 36.9 Å². The number of aryl methyl sites for hydroxylation is 1. The smallest absolute Gasteiger partial charge is 0.272 e. The molecule has 0 radical (unpaired) electrons. The Morgan fingerprint density at radius 3 is 2.57 bits per heavy atom. The number of aromatic nitrogens is 1. The highest BCUT2D eigenvalue weighted by Crippen LogP contribution is 2.32. The van der Waals surface area contributed by atoms with Crippen LogP contribution >= 0.6 is 0 Å². The van der Waals surface area contributed by atoms with Crippen LogP contribution in [-0.2, 0) is 28.2 Å². The zero-order chi connectivity index (χ0) is 31.6. The molecular weight excluding hydrogens is 559 g/mol. The Hall–Kier alpha value is -3.50. The van der Waals surface area contributed by atoms with Gasteiger partial charge in [0.05, 0.1) is 6.61 Å². The number of benzene rings is 1. The molecule has 3 aliphatic rings. The van der Waals surface area contributed by atoms with Crippen molar-refractivity contribution in [1.82, 2.24) is 20.3 Å². The Morgan fingerprint density at radius 1 is 1.16 bits per heavy atom. The minimum Gasteiger partial charge on any atom is -0.382 e. The Bertz CT molecular complexity index is 1430. The van der Waals surface area contributed by atoms with Crippen molar-refractivity contribution in [3.8, 4) is 0 Å². The summed E-state index contributed by atoms with van der Waals surface area (Å²) in [5.74, 6) is 1.01. The second-order valence-electron chi connectivity index (χ2n) is 13.0. The van der Waals surface area contributed by atoms with Gasteiger partial charge in [0.15, 0.2) is 5.84 Å². The molecular formula is C34H47FN6O3. The lowest BCUT2D eigenvalue weighted by molar-refractivity contribution is -0.128. The number of likely N-dealkylation sites (tertiary alicyclic amines) is 1. The number of halogens is 1. The van der Waals surface area contributed by atoms with Crippen LogP contribution in [0.4, 0.5) is 4.39 Å². The molecule has 2 fully saturated rings. The molecule has 0 aliphatic carbocycles. The number of hydrogen-bond acceptors (Lipinski definition) is 7. The summed E-state index contributed by atoms with van der Waals surface area (Å²) < 4.78 is 25.6. The number of rotatable bonds is 8. The van der Waals surface area contributed by atoms with Crippen LogP contribution in [0.15, 0.2) is 57.3 Å². The molecule has 0 spiro atoms. The van der Waals surface area contributed by atoms with E-state index in [1.165, 1.54) is 5.56 Å². The average molecular weight is 607 g/mol. The number of nitrogens with one attached hydrogen (secondary N) is 1. The third-order valence-electron chi connectivity index (χ3n) is 9.27. The van der Waals surface area contributed by atoms with Gasteiger partial charge in [-0.15, -0.1) is 0 Å². The summed E-state index contributed by atoms with van der Waals surface area (Å²) in [5.41, 5.74) is 9.85. The molecule has 0 bridgehead atoms. The fraction of sp³-hybridized carbons (Fsp3) is 0.559. The normalized spacial score (nSPS) is 22.5. The van der Waals surface area contributed by atoms with Crippen molar-refractivity contribution >= 4 is 11.7 Å². The molecule has 3 aliphatic heterocycles. The minimum absolute atomic E-state index is 0.112. The monoisotopic (exact) mass is 606 g/mol. The molecule has 5 rings (SSSR count). The molecule has 1 aromatic carbocycles. The zero-order valence-electron chi connectivity index (χ0n) is 26.8. The molecule has 4 heterocycles. The fourth-order valence-corrected chi connectivity index (χ4v) is 6.32. The second-order valence-corrected chi connectivity index (χ2v) is 13.0. The van der Waals surface area contributed by atoms with E-state index in [9.17, 15) is 9.18 Å². The van der Waals surface area contributed by atoms with Gasteiger partial charge < -0.3 is 30.1 Å². The van der Waals surface area contributed by atoms with Crippen LogP contribution < -0.4 is 11.1 Å². The predicted molar refractivity (Wildman–Crippen MR) is 170 cm³/mol. The predicted octanol–water partition coefficient (Wildman–Crippen LogP) is 4.74. The molecule has 238 valence electrons. The van der Waals surface area contributed by atoms with Gasteiger partial charge in [0.25, 0.3) is 5.91 Å². The maximum atomic E-state index is 14.7. The number of allylic oxidation sites excluding steroid dienone is 1. The number of alkyl halides is 1. The highest BCUT2D eigenvalue weighted by Gasteiger charge is 2.31. The number of nitrogens with two attached hydrogens (primary N) is 1. The summed E-state index contributed by atoms with van der Waals surface area (Å²) in [7, 11) is 0. The fourth-order valence-electron chi connectivity index (χ4n) is 6.32. The number of ether oxygens (including phenoxy) is 1. The largest absolute Gasteiger partial charge is 0.382 e. The van der Waals surface area contributed by atoms with Crippen molar-refractivity contribution in [3.05, 3.63) is 76.0 Å². The van der Waals surface area contributed by atoms with E-state index in [4.69, 9.17) is 15.0 Å². The summed E-state index contributed by atoms with van der Waals surface area (Å²) in [5, 5.41) is 7.82. The SMILES string of the molecule is C=C(/C(C)=C(\N=C(N)c1cc(C)on1)C(=O)N1CCC(NC2CCOCC2C)CC1)N1CCc2ccc(C(C)(C)F)cc2C1. The lowest BCUT2D eigenvalue weighted by Gasteiger charge is -2.38. The number of fused-ring (bicyclic) bond motifs is 1. The zero-order valence-corrected chi connectivity index (χ0v) is 26.8. The number of piperidine rings is 1. The lowest BCUT2D eigenvalue weighted by atomic mass is 9.91. The molecule has 44 heavy (non-hydrogen) atoms. The van der Waals surface area contributed by atoms with E-state index in [1.807, 2.05) is 30.0 Å². The van der Waals surface area contributed by atoms with E-state index >= 15 is 0 Å². The van der Waals surface area contributed by atoms with Crippen molar-refractivity contribution in [2.24, 2.45) is 16.6 Å². The van der Waals surface area contributed by atoms with Crippen LogP contribution in [0, 0.1) is 12.8 Å². The van der Waals surface area contributed by atoms with Crippen molar-refractivity contribution in [2.75, 3.05) is 32.8 Å². The van der Waals surface area contributed by atoms with Crippen LogP contribution in [-0.4, -0.2) is 71.6 Å². The first-order valence-electron chi connectivity index (χ1n) is 15.8. The van der Waals surface area contributed by atoms with Crippen molar-refractivity contribution < 1.29 is 18.4 Å². The van der Waals surface area contributed by atoms with Crippen molar-refractivity contribution in [3.63, 3.8) is 0 Å². The van der Waals surface area contributed by atoms with E-state index in [0.29, 0.717) is 65.9 Å². The number of carbonyl (C=O) groups excluding carboxylic acids is 1. The molecule has 2 unspecified atom stereocenters. The van der Waals surface area contributed by atoms with Crippen LogP contribution in [0.25, 0.3) is 0 Å². The second kappa shape index (κ2) is 13.2. The van der Waals surface area contributed by atoms with E-state index in [0.717, 1.165) is 51.0 Å². The summed E-state index contributed by atoms with van der Waals surface area (Å²) in [6, 6.07) is 8.33. The highest BCUT2D eigenvalue weighted by atomic mass is 19.1. The molecule has 2 saturated heterocycles. The topological polar surface area (TPSA) is 109 Å². The summed E-state index contributed by atoms with van der Waals surface area (Å²) in [6.45, 7) is 17.5. The average Bonchev–Trinajstić information content (AvgIpc) is 3.45. The molecule has 1 amide bonds. The Balaban J connectivity index is 1.36. The van der Waals surface area contributed by atoms with E-state index in [1.54, 1.807) is 26.8 Å². The molecule has 2 aromatic rings. The van der Waals surface area contributed by atoms with Gasteiger partial charge in [-0.05, 0) is 76.0 Å². The standard InChI is InChI=1S/C34H47FN6O3/c1-21-20-43-16-12-29(21)37-28-10-14-40(15-11-28)33(42)31(38-32(36)30-17-22(2)44-39-30)23(3)24(4)41-13-9-25-7-8-27(34(5,6)35)18-26(25)19-41/h7-8,17-18,21,28-29,37H,4,9-16,19-20H2,1-3,5-6H3,(H2,36,38)/b31-23-. The molecule has 2 atom stereocenters. The first-order chi connectivity index (χ1) is 20.9. The number of aliphatic imine (C=N–C) groups is 1. The number of carbonyl (C=O) groups is 1. The van der Waals surface area contributed by atoms with Gasteiger partial charge in [0.1, 0.15) is 22.8 Å². The quantitative estimate of drug-likeness (QED) is 0.193. The van der Waals surface area contributed by atoms with Gasteiger partial charge in [0, 0.05) is 62.2 Å². The van der Waals surface area contributed by atoms with Gasteiger partial charge in [-0.25, -0.2) is 9.38 Å². The van der Waals surface area contributed by atoms with Crippen LogP contribution in [0.1, 0.15) is 75.1 Å². The molecule has 0 saturated carbocycles. The number of hydrogen-bond donors (Lipinski definition) is 2. The van der Waals surface area contributed by atoms with Crippen LogP contribution in [0.5, 0.6) is 0 Å². The number of nitrogens with zero attached hydrogens (tertiary/aromatic N) is 4. The van der Waals surface area contributed by atoms with Crippen molar-refractivity contribution in [2.45, 2.75) is 84.6 Å². The minimum atomic E-state index is -1.43. The summed E-state index contributed by atoms with van der Waals surface area (Å²) in [4.78, 5) is 22.8. The lowest BCUT2D eigenvalue weighted by Crippen LogP contribution is -2.51. The van der Waals surface area contributed by atoms with Crippen molar-refractivity contribution in [1.29, 1.82) is 0 Å². The highest BCUT2D eigenvalue weighted by molar-refractivity contribution is 6.02. The Kier molecular flexibility index (Phi) is 9.60. The van der Waals surface area contributed by atoms with E-state index in [-0.39, 0.29) is 17.4 Å². The maximum absolute atomic E-state index is 14.7. The summed E-state index contributed by atoms with van der Waals surface area (Å²) in [6.07, 6.45) is 3.54. The van der Waals surface area contributed by atoms with Gasteiger partial charge in [0.2, 0.25) is 0 Å². The van der Waals surface area contributed by atoms with Crippen LogP contribution in [0.3, 0.4) is 0 Å². The third kappa shape index (κ3) is 7.24. The summed E-state index contributed by atoms with van der Waals surface area (Å²) >= 11 is 0. The maximum Gasteiger partial charge on any atom is 0.272 e. The third-order valence-corrected chi connectivity index (χ3v) is 9.27. The first-order valence-corrected chi connectivity index (χ1v) is 15.8. The van der Waals surface area contributed by atoms with E-state index in [2.05, 4.69) is 33.9 Å². The molecule has 1 aromatic heterocycles. The Morgan fingerprint density at radius 2 is 1.91 bits per heavy atom. The molecule has 3 N–H and O–H groups in total. The number of amides is 1. The molecule has 9 nitrogen and oxygen atoms in total. The van der Waals surface area contributed by atoms with Gasteiger partial charge in [-0.3, -0.25) is 4.79 Å². The Labute approximate surface area is 260 Å².